The molecule has 0 unspecified atom stereocenters. The maximum atomic E-state index is 12.5. The van der Waals surface area contributed by atoms with Crippen LogP contribution in [0, 0.1) is 13.8 Å². The Morgan fingerprint density at radius 1 is 1.23 bits per heavy atom. The van der Waals surface area contributed by atoms with Crippen molar-refractivity contribution in [3.8, 4) is 5.69 Å². The summed E-state index contributed by atoms with van der Waals surface area (Å²) in [5.41, 5.74) is 3.07. The van der Waals surface area contributed by atoms with Crippen molar-refractivity contribution < 1.29 is 14.3 Å². The van der Waals surface area contributed by atoms with Crippen LogP contribution in [0.4, 0.5) is 5.00 Å². The largest absolute Gasteiger partial charge is 0.457 e. The first kappa shape index (κ1) is 17.9. The van der Waals surface area contributed by atoms with Gasteiger partial charge in [-0.05, 0) is 43.2 Å². The van der Waals surface area contributed by atoms with Crippen LogP contribution in [0.15, 0.2) is 42.7 Å². The van der Waals surface area contributed by atoms with Crippen molar-refractivity contribution >= 4 is 28.2 Å². The Morgan fingerprint density at radius 2 is 1.96 bits per heavy atom. The molecule has 26 heavy (non-hydrogen) atoms. The van der Waals surface area contributed by atoms with Gasteiger partial charge in [0, 0.05) is 24.2 Å². The second kappa shape index (κ2) is 7.53. The third-order valence-electron chi connectivity index (χ3n) is 3.95. The molecule has 0 spiro atoms. The lowest BCUT2D eigenvalue weighted by molar-refractivity contribution is -0.114. The molecule has 0 aliphatic carbocycles. The molecule has 0 saturated carbocycles. The van der Waals surface area contributed by atoms with Crippen LogP contribution in [0.2, 0.25) is 0 Å². The van der Waals surface area contributed by atoms with E-state index in [1.807, 2.05) is 50.4 Å². The van der Waals surface area contributed by atoms with Crippen molar-refractivity contribution in [2.24, 2.45) is 0 Å². The van der Waals surface area contributed by atoms with Gasteiger partial charge in [-0.15, -0.1) is 11.3 Å². The van der Waals surface area contributed by atoms with Crippen molar-refractivity contribution in [2.75, 3.05) is 5.32 Å². The van der Waals surface area contributed by atoms with Gasteiger partial charge in [0.15, 0.2) is 0 Å². The van der Waals surface area contributed by atoms with Gasteiger partial charge in [0.25, 0.3) is 0 Å². The molecular weight excluding hydrogens is 350 g/mol. The van der Waals surface area contributed by atoms with Crippen LogP contribution in [0.25, 0.3) is 5.69 Å². The van der Waals surface area contributed by atoms with Crippen LogP contribution < -0.4 is 5.32 Å². The quantitative estimate of drug-likeness (QED) is 0.693. The predicted octanol–water partition coefficient (Wildman–Crippen LogP) is 3.87. The van der Waals surface area contributed by atoms with Crippen LogP contribution in [-0.4, -0.2) is 21.7 Å². The Kier molecular flexibility index (Phi) is 5.18. The van der Waals surface area contributed by atoms with Gasteiger partial charge in [-0.2, -0.15) is 5.10 Å². The number of carbonyl (C=O) groups excluding carboxylic acids is 2. The van der Waals surface area contributed by atoms with Gasteiger partial charge in [0.2, 0.25) is 5.91 Å². The van der Waals surface area contributed by atoms with Gasteiger partial charge < -0.3 is 10.1 Å². The SMILES string of the molecule is CC(=O)Nc1sc(C)c(C)c1C(=O)OCc1ccc(-n2cccn2)cc1. The number of ether oxygens (including phenoxy) is 1. The fraction of sp³-hybridized carbons (Fsp3) is 0.211. The van der Waals surface area contributed by atoms with E-state index in [0.29, 0.717) is 10.6 Å². The van der Waals surface area contributed by atoms with Crippen LogP contribution in [0.1, 0.15) is 33.3 Å². The zero-order valence-corrected chi connectivity index (χ0v) is 15.6. The van der Waals surface area contributed by atoms with E-state index in [1.54, 1.807) is 10.9 Å². The molecule has 0 radical (unpaired) electrons. The van der Waals surface area contributed by atoms with Crippen LogP contribution in [0.5, 0.6) is 0 Å². The third kappa shape index (κ3) is 3.83. The summed E-state index contributed by atoms with van der Waals surface area (Å²) < 4.78 is 7.21. The fourth-order valence-corrected chi connectivity index (χ4v) is 3.60. The predicted molar refractivity (Wildman–Crippen MR) is 101 cm³/mol. The second-order valence-corrected chi connectivity index (χ2v) is 7.09. The first-order valence-corrected chi connectivity index (χ1v) is 8.91. The summed E-state index contributed by atoms with van der Waals surface area (Å²) >= 11 is 1.38. The Balaban J connectivity index is 1.70. The number of hydrogen-bond acceptors (Lipinski definition) is 5. The highest BCUT2D eigenvalue weighted by molar-refractivity contribution is 7.16. The molecule has 0 bridgehead atoms. The normalized spacial score (nSPS) is 10.6. The van der Waals surface area contributed by atoms with E-state index in [2.05, 4.69) is 10.4 Å². The molecule has 0 aliphatic rings. The monoisotopic (exact) mass is 369 g/mol. The van der Waals surface area contributed by atoms with Crippen LogP contribution in [-0.2, 0) is 16.1 Å². The second-order valence-electron chi connectivity index (χ2n) is 5.86. The van der Waals surface area contributed by atoms with Gasteiger partial charge in [0.05, 0.1) is 11.3 Å². The Hall–Kier alpha value is -2.93. The molecule has 134 valence electrons. The van der Waals surface area contributed by atoms with Crippen molar-refractivity contribution in [3.63, 3.8) is 0 Å². The zero-order chi connectivity index (χ0) is 18.7. The van der Waals surface area contributed by atoms with E-state index in [0.717, 1.165) is 21.7 Å². The summed E-state index contributed by atoms with van der Waals surface area (Å²) in [6, 6.07) is 9.47. The summed E-state index contributed by atoms with van der Waals surface area (Å²) in [5.74, 6) is -0.652. The molecule has 6 nitrogen and oxygen atoms in total. The number of hydrogen-bond donors (Lipinski definition) is 1. The number of amides is 1. The molecule has 1 N–H and O–H groups in total. The van der Waals surface area contributed by atoms with Gasteiger partial charge in [0.1, 0.15) is 11.6 Å². The number of thiophene rings is 1. The Bertz CT molecular complexity index is 928. The topological polar surface area (TPSA) is 73.2 Å². The lowest BCUT2D eigenvalue weighted by Crippen LogP contribution is -2.12. The molecule has 0 atom stereocenters. The highest BCUT2D eigenvalue weighted by atomic mass is 32.1. The number of rotatable bonds is 5. The number of carbonyl (C=O) groups is 2. The van der Waals surface area contributed by atoms with E-state index in [-0.39, 0.29) is 12.5 Å². The molecule has 2 heterocycles. The summed E-state index contributed by atoms with van der Waals surface area (Å²) in [6.45, 7) is 5.34. The maximum Gasteiger partial charge on any atom is 0.341 e. The number of aryl methyl sites for hydroxylation is 1. The molecule has 0 fully saturated rings. The first-order chi connectivity index (χ1) is 12.5. The van der Waals surface area contributed by atoms with Crippen LogP contribution in [0.3, 0.4) is 0 Å². The lowest BCUT2D eigenvalue weighted by Gasteiger charge is -2.08. The van der Waals surface area contributed by atoms with E-state index in [1.165, 1.54) is 18.3 Å². The Labute approximate surface area is 155 Å². The number of nitrogens with zero attached hydrogens (tertiary/aromatic N) is 2. The van der Waals surface area contributed by atoms with E-state index in [9.17, 15) is 9.59 Å². The Morgan fingerprint density at radius 3 is 2.58 bits per heavy atom. The van der Waals surface area contributed by atoms with Crippen molar-refractivity contribution in [1.29, 1.82) is 0 Å². The van der Waals surface area contributed by atoms with Crippen molar-refractivity contribution in [2.45, 2.75) is 27.4 Å². The third-order valence-corrected chi connectivity index (χ3v) is 5.08. The summed E-state index contributed by atoms with van der Waals surface area (Å²) in [5, 5.41) is 7.41. The zero-order valence-electron chi connectivity index (χ0n) is 14.8. The molecule has 2 aromatic heterocycles. The average molecular weight is 369 g/mol. The summed E-state index contributed by atoms with van der Waals surface area (Å²) in [7, 11) is 0. The van der Waals surface area contributed by atoms with Crippen molar-refractivity contribution in [3.05, 3.63) is 64.3 Å². The highest BCUT2D eigenvalue weighted by Crippen LogP contribution is 2.33. The van der Waals surface area contributed by atoms with E-state index < -0.39 is 5.97 Å². The first-order valence-electron chi connectivity index (χ1n) is 8.09. The number of aromatic nitrogens is 2. The highest BCUT2D eigenvalue weighted by Gasteiger charge is 2.21. The molecule has 0 aliphatic heterocycles. The number of anilines is 1. The average Bonchev–Trinajstić information content (AvgIpc) is 3.22. The molecule has 1 aromatic carbocycles. The molecule has 3 rings (SSSR count). The van der Waals surface area contributed by atoms with Crippen LogP contribution >= 0.6 is 11.3 Å². The fourth-order valence-electron chi connectivity index (χ4n) is 2.51. The molecule has 3 aromatic rings. The molecular formula is C19H19N3O3S. The maximum absolute atomic E-state index is 12.5. The number of nitrogens with one attached hydrogen (secondary N) is 1. The summed E-state index contributed by atoms with van der Waals surface area (Å²) in [6.07, 6.45) is 3.58. The van der Waals surface area contributed by atoms with Crippen molar-refractivity contribution in [1.82, 2.24) is 9.78 Å². The molecule has 0 saturated heterocycles. The number of benzene rings is 1. The van der Waals surface area contributed by atoms with E-state index >= 15 is 0 Å². The molecule has 1 amide bonds. The standard InChI is InChI=1S/C19H19N3O3S/c1-12-13(2)26-18(21-14(3)23)17(12)19(24)25-11-15-5-7-16(8-6-15)22-10-4-9-20-22/h4-10H,11H2,1-3H3,(H,21,23). The minimum Gasteiger partial charge on any atom is -0.457 e. The minimum atomic E-state index is -0.438. The number of esters is 1. The smallest absolute Gasteiger partial charge is 0.341 e. The van der Waals surface area contributed by atoms with E-state index in [4.69, 9.17) is 4.74 Å². The minimum absolute atomic E-state index is 0.159. The van der Waals surface area contributed by atoms with Gasteiger partial charge in [-0.3, -0.25) is 4.79 Å². The van der Waals surface area contributed by atoms with Gasteiger partial charge >= 0.3 is 5.97 Å². The summed E-state index contributed by atoms with van der Waals surface area (Å²) in [4.78, 5) is 24.9. The molecule has 7 heteroatoms. The van der Waals surface area contributed by atoms with Gasteiger partial charge in [-0.1, -0.05) is 12.1 Å². The van der Waals surface area contributed by atoms with Gasteiger partial charge in [-0.25, -0.2) is 9.48 Å². The lowest BCUT2D eigenvalue weighted by atomic mass is 10.1.